The van der Waals surface area contributed by atoms with E-state index in [4.69, 9.17) is 16.6 Å². The van der Waals surface area contributed by atoms with E-state index in [0.717, 1.165) is 11.1 Å². The lowest BCUT2D eigenvalue weighted by molar-refractivity contribution is -0.116. The summed E-state index contributed by atoms with van der Waals surface area (Å²) in [6.07, 6.45) is 1.66. The predicted molar refractivity (Wildman–Crippen MR) is 135 cm³/mol. The van der Waals surface area contributed by atoms with Crippen LogP contribution in [0.1, 0.15) is 35.8 Å². The first-order chi connectivity index (χ1) is 16.3. The summed E-state index contributed by atoms with van der Waals surface area (Å²) >= 11 is 6.13. The summed E-state index contributed by atoms with van der Waals surface area (Å²) in [4.78, 5) is 32.4. The van der Waals surface area contributed by atoms with Gasteiger partial charge in [0.1, 0.15) is 0 Å². The van der Waals surface area contributed by atoms with Crippen LogP contribution in [0.15, 0.2) is 60.8 Å². The van der Waals surface area contributed by atoms with Crippen LogP contribution in [0.4, 0.5) is 5.69 Å². The molecule has 0 bridgehead atoms. The van der Waals surface area contributed by atoms with E-state index in [1.807, 2.05) is 45.0 Å². The molecule has 2 aromatic heterocycles. The Bertz CT molecular complexity index is 1380. The summed E-state index contributed by atoms with van der Waals surface area (Å²) in [6, 6.07) is 16.7. The molecule has 0 unspecified atom stereocenters. The third-order valence-electron chi connectivity index (χ3n) is 5.58. The van der Waals surface area contributed by atoms with Gasteiger partial charge in [0.2, 0.25) is 5.91 Å². The molecule has 4 aromatic rings. The highest BCUT2D eigenvalue weighted by atomic mass is 35.5. The molecule has 0 aliphatic rings. The fourth-order valence-electron chi connectivity index (χ4n) is 3.82. The lowest BCUT2D eigenvalue weighted by atomic mass is 10.0. The largest absolute Gasteiger partial charge is 0.332 e. The number of benzene rings is 2. The number of halogens is 1. The molecule has 0 aliphatic carbocycles. The molecular formula is C26H26ClN5O2. The quantitative estimate of drug-likeness (QED) is 0.407. The monoisotopic (exact) mass is 475 g/mol. The highest BCUT2D eigenvalue weighted by molar-refractivity contribution is 6.33. The zero-order chi connectivity index (χ0) is 24.4. The zero-order valence-electron chi connectivity index (χ0n) is 19.5. The maximum Gasteiger partial charge on any atom is 0.254 e. The van der Waals surface area contributed by atoms with Gasteiger partial charge in [0, 0.05) is 18.7 Å². The fraction of sp³-hybridized carbons (Fsp3) is 0.231. The number of likely N-dealkylation sites (N-methyl/N-ethyl adjacent to an activating group) is 1. The van der Waals surface area contributed by atoms with Gasteiger partial charge in [-0.3, -0.25) is 9.59 Å². The molecule has 2 amide bonds. The Kier molecular flexibility index (Phi) is 6.65. The van der Waals surface area contributed by atoms with Crippen LogP contribution >= 0.6 is 11.6 Å². The van der Waals surface area contributed by atoms with Crippen molar-refractivity contribution in [3.63, 3.8) is 0 Å². The number of pyridine rings is 1. The SMILES string of the molecule is Cc1ccccc1-c1cc(C(=O)N(C)CC(=O)Nc2ccccc2Cl)c2cnn(C(C)C)c2n1. The maximum absolute atomic E-state index is 13.5. The average molecular weight is 476 g/mol. The van der Waals surface area contributed by atoms with Gasteiger partial charge in [0.25, 0.3) is 5.91 Å². The van der Waals surface area contributed by atoms with Gasteiger partial charge >= 0.3 is 0 Å². The first kappa shape index (κ1) is 23.4. The first-order valence-electron chi connectivity index (χ1n) is 11.0. The van der Waals surface area contributed by atoms with Crippen molar-refractivity contribution in [3.05, 3.63) is 76.9 Å². The number of carbonyl (C=O) groups is 2. The van der Waals surface area contributed by atoms with Gasteiger partial charge in [-0.15, -0.1) is 0 Å². The van der Waals surface area contributed by atoms with Crippen molar-refractivity contribution >= 4 is 40.1 Å². The van der Waals surface area contributed by atoms with E-state index in [-0.39, 0.29) is 24.4 Å². The van der Waals surface area contributed by atoms with Crippen LogP contribution in [0, 0.1) is 6.92 Å². The fourth-order valence-corrected chi connectivity index (χ4v) is 4.00. The van der Waals surface area contributed by atoms with E-state index in [1.54, 1.807) is 48.3 Å². The third kappa shape index (κ3) is 4.65. The number of carbonyl (C=O) groups excluding carboxylic acids is 2. The van der Waals surface area contributed by atoms with Crippen molar-refractivity contribution in [1.82, 2.24) is 19.7 Å². The minimum Gasteiger partial charge on any atom is -0.332 e. The molecule has 2 aromatic carbocycles. The third-order valence-corrected chi connectivity index (χ3v) is 5.91. The molecule has 34 heavy (non-hydrogen) atoms. The van der Waals surface area contributed by atoms with E-state index in [0.29, 0.717) is 33.0 Å². The molecule has 0 aliphatic heterocycles. The predicted octanol–water partition coefficient (Wildman–Crippen LogP) is 5.35. The summed E-state index contributed by atoms with van der Waals surface area (Å²) in [5, 5.41) is 8.31. The number of fused-ring (bicyclic) bond motifs is 1. The molecular weight excluding hydrogens is 450 g/mol. The van der Waals surface area contributed by atoms with Gasteiger partial charge < -0.3 is 10.2 Å². The summed E-state index contributed by atoms with van der Waals surface area (Å²) in [6.45, 7) is 5.90. The first-order valence-corrected chi connectivity index (χ1v) is 11.4. The Morgan fingerprint density at radius 1 is 1.12 bits per heavy atom. The number of hydrogen-bond acceptors (Lipinski definition) is 4. The minimum atomic E-state index is -0.341. The van der Waals surface area contributed by atoms with E-state index in [9.17, 15) is 9.59 Å². The molecule has 4 rings (SSSR count). The van der Waals surface area contributed by atoms with Gasteiger partial charge in [0.05, 0.1) is 40.1 Å². The summed E-state index contributed by atoms with van der Waals surface area (Å²) < 4.78 is 1.80. The van der Waals surface area contributed by atoms with E-state index < -0.39 is 0 Å². The Hall–Kier alpha value is -3.71. The molecule has 8 heteroatoms. The van der Waals surface area contributed by atoms with Crippen LogP contribution in [0.5, 0.6) is 0 Å². The summed E-state index contributed by atoms with van der Waals surface area (Å²) in [5.74, 6) is -0.633. The second-order valence-electron chi connectivity index (χ2n) is 8.48. The number of aromatic nitrogens is 3. The van der Waals surface area contributed by atoms with Crippen molar-refractivity contribution < 1.29 is 9.59 Å². The lowest BCUT2D eigenvalue weighted by Gasteiger charge is -2.18. The Labute approximate surface area is 203 Å². The zero-order valence-corrected chi connectivity index (χ0v) is 20.3. The van der Waals surface area contributed by atoms with Gasteiger partial charge in [-0.1, -0.05) is 48.0 Å². The topological polar surface area (TPSA) is 80.1 Å². The molecule has 0 saturated carbocycles. The number of anilines is 1. The van der Waals surface area contributed by atoms with Gasteiger partial charge in [-0.05, 0) is 44.5 Å². The Morgan fingerprint density at radius 2 is 1.82 bits per heavy atom. The second kappa shape index (κ2) is 9.65. The standard InChI is InChI=1S/C26H26ClN5O2/c1-16(2)32-25-20(14-28-32)19(13-23(30-25)18-10-6-5-9-17(18)3)26(34)31(4)15-24(33)29-22-12-8-7-11-21(22)27/h5-14,16H,15H2,1-4H3,(H,29,33). The molecule has 0 fully saturated rings. The molecule has 0 spiro atoms. The molecule has 2 heterocycles. The van der Waals surface area contributed by atoms with E-state index >= 15 is 0 Å². The number of aryl methyl sites for hydroxylation is 1. The summed E-state index contributed by atoms with van der Waals surface area (Å²) in [5.41, 5.74) is 4.26. The van der Waals surface area contributed by atoms with Gasteiger partial charge in [-0.25, -0.2) is 9.67 Å². The minimum absolute atomic E-state index is 0.0687. The van der Waals surface area contributed by atoms with Gasteiger partial charge in [0.15, 0.2) is 5.65 Å². The molecule has 0 atom stereocenters. The number of hydrogen-bond donors (Lipinski definition) is 1. The van der Waals surface area contributed by atoms with Crippen molar-refractivity contribution in [1.29, 1.82) is 0 Å². The van der Waals surface area contributed by atoms with Gasteiger partial charge in [-0.2, -0.15) is 5.10 Å². The number of nitrogens with zero attached hydrogens (tertiary/aromatic N) is 4. The molecule has 1 N–H and O–H groups in total. The lowest BCUT2D eigenvalue weighted by Crippen LogP contribution is -2.35. The van der Waals surface area contributed by atoms with Crippen LogP contribution in [0.25, 0.3) is 22.3 Å². The maximum atomic E-state index is 13.5. The highest BCUT2D eigenvalue weighted by Crippen LogP contribution is 2.29. The molecule has 0 radical (unpaired) electrons. The normalized spacial score (nSPS) is 11.1. The van der Waals surface area contributed by atoms with E-state index in [2.05, 4.69) is 10.4 Å². The van der Waals surface area contributed by atoms with Crippen molar-refractivity contribution in [2.75, 3.05) is 18.9 Å². The van der Waals surface area contributed by atoms with Crippen molar-refractivity contribution in [3.8, 4) is 11.3 Å². The molecule has 0 saturated heterocycles. The van der Waals surface area contributed by atoms with Crippen LogP contribution in [-0.4, -0.2) is 45.1 Å². The second-order valence-corrected chi connectivity index (χ2v) is 8.89. The molecule has 174 valence electrons. The summed E-state index contributed by atoms with van der Waals surface area (Å²) in [7, 11) is 1.60. The highest BCUT2D eigenvalue weighted by Gasteiger charge is 2.22. The van der Waals surface area contributed by atoms with E-state index in [1.165, 1.54) is 4.90 Å². The Balaban J connectivity index is 1.69. The number of nitrogens with one attached hydrogen (secondary N) is 1. The van der Waals surface area contributed by atoms with Crippen LogP contribution in [-0.2, 0) is 4.79 Å². The molecule has 7 nitrogen and oxygen atoms in total. The van der Waals surface area contributed by atoms with Crippen molar-refractivity contribution in [2.24, 2.45) is 0 Å². The van der Waals surface area contributed by atoms with Crippen LogP contribution in [0.2, 0.25) is 5.02 Å². The van der Waals surface area contributed by atoms with Crippen LogP contribution < -0.4 is 5.32 Å². The van der Waals surface area contributed by atoms with Crippen LogP contribution in [0.3, 0.4) is 0 Å². The van der Waals surface area contributed by atoms with Crippen molar-refractivity contribution in [2.45, 2.75) is 26.8 Å². The smallest absolute Gasteiger partial charge is 0.254 e. The number of amides is 2. The number of rotatable bonds is 6. The number of para-hydroxylation sites is 1. The average Bonchev–Trinajstić information content (AvgIpc) is 3.24. The Morgan fingerprint density at radius 3 is 2.53 bits per heavy atom.